The van der Waals surface area contributed by atoms with Crippen molar-refractivity contribution >= 4 is 34.6 Å². The third-order valence-electron chi connectivity index (χ3n) is 6.04. The molecule has 4 N–H and O–H groups in total. The number of anilines is 1. The number of H-pyrrole nitrogens is 1. The second kappa shape index (κ2) is 9.64. The van der Waals surface area contributed by atoms with Crippen LogP contribution in [0.2, 0.25) is 0 Å². The van der Waals surface area contributed by atoms with Crippen LogP contribution in [0.1, 0.15) is 18.4 Å². The standard InChI is InChI=1S/C24H27N5O4/c1-16(19-15-25-20-10-6-5-9-18(19)20)21(22(30)31)27-24(33)29-13-11-28(12-14-29)23(32)26-17-7-3-2-4-8-17/h2-10,15-16,21,25H,11-14H2,1H3,(H,26,32)(H,27,33)(H,30,31)/t16-,21+/m0/s1. The molecule has 0 radical (unpaired) electrons. The Labute approximate surface area is 191 Å². The summed E-state index contributed by atoms with van der Waals surface area (Å²) in [6.45, 7) is 3.16. The van der Waals surface area contributed by atoms with E-state index in [4.69, 9.17) is 0 Å². The van der Waals surface area contributed by atoms with Gasteiger partial charge in [-0.15, -0.1) is 0 Å². The monoisotopic (exact) mass is 449 g/mol. The quantitative estimate of drug-likeness (QED) is 0.478. The fourth-order valence-electron chi connectivity index (χ4n) is 4.11. The van der Waals surface area contributed by atoms with E-state index in [0.29, 0.717) is 31.9 Å². The van der Waals surface area contributed by atoms with Gasteiger partial charge >= 0.3 is 18.0 Å². The lowest BCUT2D eigenvalue weighted by atomic mass is 9.93. The number of carboxylic acid groups (broad SMARTS) is 1. The lowest BCUT2D eigenvalue weighted by Crippen LogP contribution is -2.56. The number of carbonyl (C=O) groups is 3. The second-order valence-corrected chi connectivity index (χ2v) is 8.11. The van der Waals surface area contributed by atoms with Crippen molar-refractivity contribution in [3.05, 3.63) is 66.4 Å². The average Bonchev–Trinajstić information content (AvgIpc) is 3.27. The first-order valence-electron chi connectivity index (χ1n) is 10.9. The van der Waals surface area contributed by atoms with Crippen LogP contribution in [0.3, 0.4) is 0 Å². The Bertz CT molecular complexity index is 1140. The summed E-state index contributed by atoms with van der Waals surface area (Å²) in [5.74, 6) is -1.54. The number of benzene rings is 2. The van der Waals surface area contributed by atoms with Gasteiger partial charge in [0.05, 0.1) is 0 Å². The number of urea groups is 2. The van der Waals surface area contributed by atoms with E-state index in [1.54, 1.807) is 22.9 Å². The van der Waals surface area contributed by atoms with Gasteiger partial charge in [-0.3, -0.25) is 0 Å². The fourth-order valence-corrected chi connectivity index (χ4v) is 4.11. The summed E-state index contributed by atoms with van der Waals surface area (Å²) >= 11 is 0. The Kier molecular flexibility index (Phi) is 6.48. The van der Waals surface area contributed by atoms with Gasteiger partial charge in [-0.25, -0.2) is 14.4 Å². The molecule has 9 heteroatoms. The minimum atomic E-state index is -1.10. The van der Waals surface area contributed by atoms with Gasteiger partial charge < -0.3 is 30.5 Å². The molecule has 0 unspecified atom stereocenters. The van der Waals surface area contributed by atoms with Crippen LogP contribution in [0, 0.1) is 0 Å². The van der Waals surface area contributed by atoms with Gasteiger partial charge in [0.1, 0.15) is 6.04 Å². The summed E-state index contributed by atoms with van der Waals surface area (Å²) in [7, 11) is 0. The molecule has 1 fully saturated rings. The third-order valence-corrected chi connectivity index (χ3v) is 6.04. The summed E-state index contributed by atoms with van der Waals surface area (Å²) in [4.78, 5) is 43.6. The third kappa shape index (κ3) is 4.92. The number of rotatable bonds is 5. The summed E-state index contributed by atoms with van der Waals surface area (Å²) < 4.78 is 0. The van der Waals surface area contributed by atoms with Crippen LogP contribution < -0.4 is 10.6 Å². The molecule has 0 aliphatic carbocycles. The largest absolute Gasteiger partial charge is 0.480 e. The maximum atomic E-state index is 12.8. The SMILES string of the molecule is C[C@@H](c1c[nH]c2ccccc12)[C@@H](NC(=O)N1CCN(C(=O)Nc2ccccc2)CC1)C(=O)O. The molecule has 4 rings (SSSR count). The zero-order valence-corrected chi connectivity index (χ0v) is 18.3. The molecule has 1 saturated heterocycles. The minimum Gasteiger partial charge on any atom is -0.480 e. The number of aliphatic carboxylic acids is 1. The predicted octanol–water partition coefficient (Wildman–Crippen LogP) is 3.28. The molecule has 1 aliphatic rings. The number of carboxylic acids is 1. The van der Waals surface area contributed by atoms with E-state index in [0.717, 1.165) is 16.5 Å². The highest BCUT2D eigenvalue weighted by Crippen LogP contribution is 2.28. The van der Waals surface area contributed by atoms with Gasteiger partial charge in [0.2, 0.25) is 0 Å². The second-order valence-electron chi connectivity index (χ2n) is 8.11. The number of hydrogen-bond donors (Lipinski definition) is 4. The molecule has 4 amide bonds. The van der Waals surface area contributed by atoms with E-state index >= 15 is 0 Å². The van der Waals surface area contributed by atoms with Crippen LogP contribution >= 0.6 is 0 Å². The van der Waals surface area contributed by atoms with Crippen molar-refractivity contribution < 1.29 is 19.5 Å². The first kappa shape index (κ1) is 22.2. The molecule has 1 aromatic heterocycles. The highest BCUT2D eigenvalue weighted by molar-refractivity contribution is 5.90. The Morgan fingerprint density at radius 2 is 1.52 bits per heavy atom. The molecule has 2 aromatic carbocycles. The number of piperazine rings is 1. The van der Waals surface area contributed by atoms with Crippen LogP contribution in [0.5, 0.6) is 0 Å². The molecule has 1 aliphatic heterocycles. The molecule has 0 spiro atoms. The van der Waals surface area contributed by atoms with E-state index < -0.39 is 24.0 Å². The van der Waals surface area contributed by atoms with Crippen LogP contribution in [0.25, 0.3) is 10.9 Å². The number of para-hydroxylation sites is 2. The number of nitrogens with zero attached hydrogens (tertiary/aromatic N) is 2. The van der Waals surface area contributed by atoms with Crippen molar-refractivity contribution in [2.45, 2.75) is 18.9 Å². The normalized spacial score (nSPS) is 15.7. The van der Waals surface area contributed by atoms with Gasteiger partial charge in [0.15, 0.2) is 0 Å². The Hall–Kier alpha value is -4.01. The Morgan fingerprint density at radius 1 is 0.909 bits per heavy atom. The molecule has 0 saturated carbocycles. The Balaban J connectivity index is 1.36. The summed E-state index contributed by atoms with van der Waals surface area (Å²) in [6.07, 6.45) is 1.79. The van der Waals surface area contributed by atoms with Gasteiger partial charge in [0.25, 0.3) is 0 Å². The highest BCUT2D eigenvalue weighted by atomic mass is 16.4. The van der Waals surface area contributed by atoms with Gasteiger partial charge in [-0.2, -0.15) is 0 Å². The highest BCUT2D eigenvalue weighted by Gasteiger charge is 2.32. The zero-order valence-electron chi connectivity index (χ0n) is 18.3. The number of aromatic amines is 1. The first-order valence-corrected chi connectivity index (χ1v) is 10.9. The number of carbonyl (C=O) groups excluding carboxylic acids is 2. The van der Waals surface area contributed by atoms with E-state index in [-0.39, 0.29) is 6.03 Å². The molecule has 9 nitrogen and oxygen atoms in total. The van der Waals surface area contributed by atoms with E-state index in [9.17, 15) is 19.5 Å². The molecular formula is C24H27N5O4. The smallest absolute Gasteiger partial charge is 0.326 e. The average molecular weight is 450 g/mol. The number of aromatic nitrogens is 1. The topological polar surface area (TPSA) is 118 Å². The number of nitrogens with one attached hydrogen (secondary N) is 3. The van der Waals surface area contributed by atoms with Crippen LogP contribution in [0.4, 0.5) is 15.3 Å². The molecule has 172 valence electrons. The van der Waals surface area contributed by atoms with Crippen LogP contribution in [-0.4, -0.2) is 70.1 Å². The molecule has 0 bridgehead atoms. The molecule has 33 heavy (non-hydrogen) atoms. The fraction of sp³-hybridized carbons (Fsp3) is 0.292. The van der Waals surface area contributed by atoms with Gasteiger partial charge in [-0.05, 0) is 23.8 Å². The van der Waals surface area contributed by atoms with Gasteiger partial charge in [0, 0.05) is 54.9 Å². The number of amides is 4. The van der Waals surface area contributed by atoms with Crippen molar-refractivity contribution in [2.75, 3.05) is 31.5 Å². The maximum absolute atomic E-state index is 12.8. The lowest BCUT2D eigenvalue weighted by molar-refractivity contribution is -0.139. The van der Waals surface area contributed by atoms with E-state index in [1.807, 2.05) is 54.6 Å². The Morgan fingerprint density at radius 3 is 2.18 bits per heavy atom. The van der Waals surface area contributed by atoms with Crippen molar-refractivity contribution in [1.29, 1.82) is 0 Å². The lowest BCUT2D eigenvalue weighted by Gasteiger charge is -2.35. The molecule has 2 atom stereocenters. The molecule has 2 heterocycles. The maximum Gasteiger partial charge on any atom is 0.326 e. The summed E-state index contributed by atoms with van der Waals surface area (Å²) in [5.41, 5.74) is 2.46. The predicted molar refractivity (Wildman–Crippen MR) is 125 cm³/mol. The number of hydrogen-bond acceptors (Lipinski definition) is 3. The first-order chi connectivity index (χ1) is 15.9. The zero-order chi connectivity index (χ0) is 23.4. The van der Waals surface area contributed by atoms with Crippen molar-refractivity contribution in [3.63, 3.8) is 0 Å². The van der Waals surface area contributed by atoms with Crippen LogP contribution in [0.15, 0.2) is 60.8 Å². The van der Waals surface area contributed by atoms with Gasteiger partial charge in [-0.1, -0.05) is 43.3 Å². The van der Waals surface area contributed by atoms with Crippen LogP contribution in [-0.2, 0) is 4.79 Å². The number of fused-ring (bicyclic) bond motifs is 1. The summed E-state index contributed by atoms with van der Waals surface area (Å²) in [6, 6.07) is 15.1. The van der Waals surface area contributed by atoms with Crippen molar-refractivity contribution in [1.82, 2.24) is 20.1 Å². The molecular weight excluding hydrogens is 422 g/mol. The van der Waals surface area contributed by atoms with E-state index in [1.165, 1.54) is 0 Å². The van der Waals surface area contributed by atoms with Crippen molar-refractivity contribution in [3.8, 4) is 0 Å². The molecule has 3 aromatic rings. The summed E-state index contributed by atoms with van der Waals surface area (Å²) in [5, 5.41) is 16.3. The minimum absolute atomic E-state index is 0.224. The van der Waals surface area contributed by atoms with Crippen molar-refractivity contribution in [2.24, 2.45) is 0 Å². The van der Waals surface area contributed by atoms with E-state index in [2.05, 4.69) is 15.6 Å².